The van der Waals surface area contributed by atoms with Gasteiger partial charge in [0.25, 0.3) is 0 Å². The zero-order valence-corrected chi connectivity index (χ0v) is 10.1. The summed E-state index contributed by atoms with van der Waals surface area (Å²) in [5, 5.41) is 15.8. The molecule has 0 aliphatic carbocycles. The largest absolute Gasteiger partial charge is 0.340 e. The van der Waals surface area contributed by atoms with E-state index < -0.39 is 0 Å². The molecule has 1 N–H and O–H groups in total. The molecule has 0 aromatic carbocycles. The van der Waals surface area contributed by atoms with Gasteiger partial charge in [-0.15, -0.1) is 0 Å². The third-order valence-corrected chi connectivity index (χ3v) is 2.31. The minimum atomic E-state index is -0.232. The first-order valence-corrected chi connectivity index (χ1v) is 5.45. The molecule has 0 saturated carbocycles. The lowest BCUT2D eigenvalue weighted by Gasteiger charge is -2.14. The summed E-state index contributed by atoms with van der Waals surface area (Å²) < 4.78 is 4.85. The second kappa shape index (κ2) is 5.61. The van der Waals surface area contributed by atoms with Crippen LogP contribution in [-0.2, 0) is 6.54 Å². The number of nitrogens with zero attached hydrogens (tertiary/aromatic N) is 3. The molecule has 0 radical (unpaired) electrons. The van der Waals surface area contributed by atoms with Gasteiger partial charge in [0.1, 0.15) is 0 Å². The molecule has 1 rings (SSSR count). The van der Waals surface area contributed by atoms with E-state index in [-0.39, 0.29) is 5.41 Å². The first kappa shape index (κ1) is 12.7. The second-order valence-electron chi connectivity index (χ2n) is 4.51. The van der Waals surface area contributed by atoms with E-state index in [1.807, 2.05) is 13.8 Å². The third-order valence-electron chi connectivity index (χ3n) is 2.31. The Hall–Kier alpha value is -1.41. The van der Waals surface area contributed by atoms with Gasteiger partial charge in [-0.05, 0) is 33.2 Å². The Bertz CT molecular complexity index is 364. The van der Waals surface area contributed by atoms with Crippen LogP contribution in [0.2, 0.25) is 0 Å². The summed E-state index contributed by atoms with van der Waals surface area (Å²) in [6.45, 7) is 7.15. The van der Waals surface area contributed by atoms with Crippen molar-refractivity contribution in [2.75, 3.05) is 6.54 Å². The van der Waals surface area contributed by atoms with Gasteiger partial charge in [0.2, 0.25) is 5.89 Å². The van der Waals surface area contributed by atoms with E-state index in [1.165, 1.54) is 0 Å². The molecule has 1 heterocycles. The lowest BCUT2D eigenvalue weighted by atomic mass is 9.90. The molecule has 0 fully saturated rings. The van der Waals surface area contributed by atoms with Crippen LogP contribution in [0.25, 0.3) is 0 Å². The fourth-order valence-electron chi connectivity index (χ4n) is 1.32. The van der Waals surface area contributed by atoms with Gasteiger partial charge < -0.3 is 9.84 Å². The van der Waals surface area contributed by atoms with Crippen LogP contribution < -0.4 is 5.32 Å². The molecule has 0 aliphatic rings. The Kier molecular flexibility index (Phi) is 4.44. The maximum atomic E-state index is 8.83. The molecule has 0 unspecified atom stereocenters. The third kappa shape index (κ3) is 4.41. The van der Waals surface area contributed by atoms with Gasteiger partial charge in [0, 0.05) is 6.92 Å². The molecule has 1 aromatic heterocycles. The molecule has 0 bridgehead atoms. The van der Waals surface area contributed by atoms with Crippen LogP contribution in [0.4, 0.5) is 0 Å². The Morgan fingerprint density at radius 2 is 2.25 bits per heavy atom. The average Bonchev–Trinajstić information content (AvgIpc) is 2.64. The van der Waals surface area contributed by atoms with E-state index >= 15 is 0 Å². The highest BCUT2D eigenvalue weighted by Gasteiger charge is 2.15. The SMILES string of the molecule is Cc1nc(CNCCCC(C)(C)C#N)no1. The van der Waals surface area contributed by atoms with E-state index in [9.17, 15) is 0 Å². The van der Waals surface area contributed by atoms with Gasteiger partial charge in [0.05, 0.1) is 18.0 Å². The topological polar surface area (TPSA) is 74.7 Å². The monoisotopic (exact) mass is 222 g/mol. The molecular weight excluding hydrogens is 204 g/mol. The molecule has 0 amide bonds. The molecule has 5 nitrogen and oxygen atoms in total. The number of hydrogen-bond donors (Lipinski definition) is 1. The summed E-state index contributed by atoms with van der Waals surface area (Å²) in [6, 6.07) is 2.29. The van der Waals surface area contributed by atoms with Crippen LogP contribution in [0.1, 0.15) is 38.4 Å². The van der Waals surface area contributed by atoms with E-state index in [0.29, 0.717) is 18.3 Å². The number of nitrogens with one attached hydrogen (secondary N) is 1. The van der Waals surface area contributed by atoms with Crippen LogP contribution in [0, 0.1) is 23.7 Å². The van der Waals surface area contributed by atoms with E-state index in [4.69, 9.17) is 9.78 Å². The van der Waals surface area contributed by atoms with Crippen LogP contribution in [0.15, 0.2) is 4.52 Å². The highest BCUT2D eigenvalue weighted by molar-refractivity contribution is 4.91. The van der Waals surface area contributed by atoms with Crippen LogP contribution in [0.5, 0.6) is 0 Å². The number of nitriles is 1. The first-order chi connectivity index (χ1) is 7.53. The van der Waals surface area contributed by atoms with Gasteiger partial charge in [-0.1, -0.05) is 5.16 Å². The average molecular weight is 222 g/mol. The summed E-state index contributed by atoms with van der Waals surface area (Å²) >= 11 is 0. The van der Waals surface area contributed by atoms with Crippen molar-refractivity contribution >= 4 is 0 Å². The summed E-state index contributed by atoms with van der Waals surface area (Å²) in [5.41, 5.74) is -0.232. The van der Waals surface area contributed by atoms with Crippen molar-refractivity contribution in [3.63, 3.8) is 0 Å². The van der Waals surface area contributed by atoms with Gasteiger partial charge in [-0.25, -0.2) is 0 Å². The number of hydrogen-bond acceptors (Lipinski definition) is 5. The van der Waals surface area contributed by atoms with Crippen molar-refractivity contribution in [3.05, 3.63) is 11.7 Å². The number of aromatic nitrogens is 2. The Labute approximate surface area is 95.8 Å². The summed E-state index contributed by atoms with van der Waals surface area (Å²) in [5.74, 6) is 1.26. The van der Waals surface area contributed by atoms with Crippen LogP contribution >= 0.6 is 0 Å². The minimum absolute atomic E-state index is 0.232. The highest BCUT2D eigenvalue weighted by atomic mass is 16.5. The van der Waals surface area contributed by atoms with E-state index in [2.05, 4.69) is 21.5 Å². The predicted molar refractivity (Wildman–Crippen MR) is 59.4 cm³/mol. The normalized spacial score (nSPS) is 11.4. The van der Waals surface area contributed by atoms with Crippen LogP contribution in [-0.4, -0.2) is 16.7 Å². The van der Waals surface area contributed by atoms with Gasteiger partial charge in [-0.3, -0.25) is 0 Å². The molecule has 0 aliphatic heterocycles. The Morgan fingerprint density at radius 1 is 1.50 bits per heavy atom. The highest BCUT2D eigenvalue weighted by Crippen LogP contribution is 2.19. The fraction of sp³-hybridized carbons (Fsp3) is 0.727. The number of rotatable bonds is 6. The lowest BCUT2D eigenvalue weighted by molar-refractivity contribution is 0.384. The molecular formula is C11H18N4O. The molecule has 1 aromatic rings. The standard InChI is InChI=1S/C11H18N4O/c1-9-14-10(15-16-9)7-13-6-4-5-11(2,3)8-12/h13H,4-7H2,1-3H3. The summed E-state index contributed by atoms with van der Waals surface area (Å²) in [7, 11) is 0. The van der Waals surface area contributed by atoms with Crippen molar-refractivity contribution in [2.24, 2.45) is 5.41 Å². The van der Waals surface area contributed by atoms with Crippen molar-refractivity contribution in [1.29, 1.82) is 5.26 Å². The van der Waals surface area contributed by atoms with Gasteiger partial charge in [0.15, 0.2) is 5.82 Å². The smallest absolute Gasteiger partial charge is 0.223 e. The quantitative estimate of drug-likeness (QED) is 0.743. The lowest BCUT2D eigenvalue weighted by Crippen LogP contribution is -2.18. The molecule has 5 heteroatoms. The first-order valence-electron chi connectivity index (χ1n) is 5.45. The molecule has 88 valence electrons. The van der Waals surface area contributed by atoms with Crippen molar-refractivity contribution in [1.82, 2.24) is 15.5 Å². The second-order valence-corrected chi connectivity index (χ2v) is 4.51. The number of aryl methyl sites for hydroxylation is 1. The zero-order chi connectivity index (χ0) is 12.0. The van der Waals surface area contributed by atoms with Gasteiger partial charge >= 0.3 is 0 Å². The predicted octanol–water partition coefficient (Wildman–Crippen LogP) is 1.80. The summed E-state index contributed by atoms with van der Waals surface area (Å²) in [4.78, 5) is 4.08. The fourth-order valence-corrected chi connectivity index (χ4v) is 1.32. The Balaban J connectivity index is 2.11. The maximum absolute atomic E-state index is 8.83. The van der Waals surface area contributed by atoms with Crippen LogP contribution in [0.3, 0.4) is 0 Å². The maximum Gasteiger partial charge on any atom is 0.223 e. The zero-order valence-electron chi connectivity index (χ0n) is 10.1. The Morgan fingerprint density at radius 3 is 2.81 bits per heavy atom. The molecule has 0 saturated heterocycles. The molecule has 0 atom stereocenters. The summed E-state index contributed by atoms with van der Waals surface area (Å²) in [6.07, 6.45) is 1.86. The van der Waals surface area contributed by atoms with E-state index in [0.717, 1.165) is 19.4 Å². The molecule has 0 spiro atoms. The van der Waals surface area contributed by atoms with Crippen molar-refractivity contribution in [2.45, 2.75) is 40.2 Å². The van der Waals surface area contributed by atoms with Gasteiger partial charge in [-0.2, -0.15) is 10.2 Å². The minimum Gasteiger partial charge on any atom is -0.340 e. The molecule has 16 heavy (non-hydrogen) atoms. The van der Waals surface area contributed by atoms with Crippen molar-refractivity contribution < 1.29 is 4.52 Å². The van der Waals surface area contributed by atoms with E-state index in [1.54, 1.807) is 6.92 Å². The van der Waals surface area contributed by atoms with Crippen molar-refractivity contribution in [3.8, 4) is 6.07 Å².